The number of benzene rings is 2. The molecule has 0 saturated heterocycles. The van der Waals surface area contributed by atoms with Crippen molar-refractivity contribution < 1.29 is 24.9 Å². The van der Waals surface area contributed by atoms with Crippen LogP contribution in [0, 0.1) is 24.8 Å². The fraction of sp³-hybridized carbons (Fsp3) is 0.500. The third kappa shape index (κ3) is 7.64. The number of thiophene rings is 1. The average molecular weight is 801 g/mol. The Hall–Kier alpha value is -2.33. The molecular formula is C40H52IrN2OS-2. The minimum absolute atomic E-state index is 0. The zero-order valence-electron chi connectivity index (χ0n) is 29.1. The summed E-state index contributed by atoms with van der Waals surface area (Å²) >= 11 is 1.90. The van der Waals surface area contributed by atoms with Gasteiger partial charge in [-0.05, 0) is 83.6 Å². The van der Waals surface area contributed by atoms with Crippen LogP contribution in [-0.2, 0) is 35.7 Å². The summed E-state index contributed by atoms with van der Waals surface area (Å²) in [5.41, 5.74) is 8.01. The van der Waals surface area contributed by atoms with Crippen molar-refractivity contribution in [3.63, 3.8) is 0 Å². The van der Waals surface area contributed by atoms with Crippen LogP contribution in [0.15, 0.2) is 54.4 Å². The standard InChI is InChI=1S/C26H26NS.C14H27NO.Ir/c1-16-15-19-21(26(4,5)13-12-25(19,2)3)20-18-11-14-27-22(24(18)28-23(16)20)17-9-7-6-8-10-17;1-6-11(7-2)13(15-5)10-14(16)12(8-3)9-4;/h6-9,11,14-15H,12-13H2,1-5H3;10-12H,6-9H2,1-5H3,(H,15,16);/q-1;;/p-1. The fourth-order valence-electron chi connectivity index (χ4n) is 6.92. The zero-order valence-corrected chi connectivity index (χ0v) is 32.3. The van der Waals surface area contributed by atoms with E-state index < -0.39 is 0 Å². The van der Waals surface area contributed by atoms with E-state index in [1.54, 1.807) is 18.7 Å². The van der Waals surface area contributed by atoms with Crippen LogP contribution in [0.2, 0.25) is 0 Å². The maximum absolute atomic E-state index is 12.0. The Morgan fingerprint density at radius 1 is 0.978 bits per heavy atom. The van der Waals surface area contributed by atoms with Gasteiger partial charge in [0.1, 0.15) is 0 Å². The van der Waals surface area contributed by atoms with Crippen LogP contribution in [0.1, 0.15) is 111 Å². The van der Waals surface area contributed by atoms with E-state index in [1.165, 1.54) is 44.1 Å². The molecule has 45 heavy (non-hydrogen) atoms. The van der Waals surface area contributed by atoms with E-state index in [-0.39, 0.29) is 42.6 Å². The number of pyridine rings is 1. The normalized spacial score (nSPS) is 15.4. The van der Waals surface area contributed by atoms with Gasteiger partial charge in [0, 0.05) is 52.7 Å². The SMILES string of the molecule is CCC(CC)C(=O)/C=C(\[N-]C)C(CC)CC.Cc1cc2c(c3c1sc1c(-c4[c-]cccc4)nccc13)C(C)(C)CCC2(C)C.[Ir]. The average Bonchev–Trinajstić information content (AvgIpc) is 3.41. The monoisotopic (exact) mass is 801 g/mol. The van der Waals surface area contributed by atoms with Gasteiger partial charge in [0.25, 0.3) is 0 Å². The fourth-order valence-corrected chi connectivity index (χ4v) is 8.20. The van der Waals surface area contributed by atoms with E-state index in [4.69, 9.17) is 4.98 Å². The number of aromatic nitrogens is 1. The van der Waals surface area contributed by atoms with Crippen LogP contribution in [0.25, 0.3) is 36.7 Å². The maximum atomic E-state index is 12.0. The first-order valence-electron chi connectivity index (χ1n) is 16.6. The van der Waals surface area contributed by atoms with E-state index >= 15 is 0 Å². The summed E-state index contributed by atoms with van der Waals surface area (Å²) < 4.78 is 2.71. The van der Waals surface area contributed by atoms with Gasteiger partial charge in [-0.15, -0.1) is 54.3 Å². The van der Waals surface area contributed by atoms with Gasteiger partial charge < -0.3 is 10.3 Å². The summed E-state index contributed by atoms with van der Waals surface area (Å²) in [4.78, 5) is 16.7. The Bertz CT molecular complexity index is 1620. The molecule has 0 unspecified atom stereocenters. The maximum Gasteiger partial charge on any atom is 0.157 e. The summed E-state index contributed by atoms with van der Waals surface area (Å²) in [6.45, 7) is 20.4. The summed E-state index contributed by atoms with van der Waals surface area (Å²) in [6.07, 6.45) is 10.2. The van der Waals surface area contributed by atoms with Gasteiger partial charge in [0.2, 0.25) is 0 Å². The molecule has 0 fully saturated rings. The second-order valence-electron chi connectivity index (χ2n) is 13.7. The topological polar surface area (TPSA) is 44.1 Å². The number of allylic oxidation sites excluding steroid dienone is 2. The van der Waals surface area contributed by atoms with Crippen molar-refractivity contribution in [2.24, 2.45) is 11.8 Å². The van der Waals surface area contributed by atoms with E-state index in [2.05, 4.69) is 98.0 Å². The van der Waals surface area contributed by atoms with Crippen LogP contribution < -0.4 is 0 Å². The summed E-state index contributed by atoms with van der Waals surface area (Å²) in [6, 6.07) is 16.2. The van der Waals surface area contributed by atoms with Gasteiger partial charge >= 0.3 is 0 Å². The van der Waals surface area contributed by atoms with Crippen molar-refractivity contribution in [2.75, 3.05) is 7.05 Å². The molecule has 0 bridgehead atoms. The third-order valence-electron chi connectivity index (χ3n) is 9.93. The number of ketones is 1. The smallest absolute Gasteiger partial charge is 0.157 e. The molecule has 0 amide bonds. The van der Waals surface area contributed by atoms with Gasteiger partial charge in [-0.2, -0.15) is 5.70 Å². The predicted molar refractivity (Wildman–Crippen MR) is 192 cm³/mol. The first kappa shape index (κ1) is 37.1. The Labute approximate surface area is 290 Å². The van der Waals surface area contributed by atoms with Crippen molar-refractivity contribution in [2.45, 2.75) is 112 Å². The van der Waals surface area contributed by atoms with Crippen molar-refractivity contribution in [3.05, 3.63) is 82.4 Å². The summed E-state index contributed by atoms with van der Waals surface area (Å²) in [7, 11) is 1.78. The molecule has 0 atom stereocenters. The first-order chi connectivity index (χ1) is 20.9. The summed E-state index contributed by atoms with van der Waals surface area (Å²) in [5.74, 6) is 0.854. The number of hydrogen-bond acceptors (Lipinski definition) is 3. The number of fused-ring (bicyclic) bond motifs is 5. The molecule has 2 aromatic heterocycles. The van der Waals surface area contributed by atoms with Crippen LogP contribution in [0.4, 0.5) is 0 Å². The van der Waals surface area contributed by atoms with Gasteiger partial charge in [-0.1, -0.05) is 74.3 Å². The van der Waals surface area contributed by atoms with E-state index in [1.807, 2.05) is 29.7 Å². The number of rotatable bonds is 9. The van der Waals surface area contributed by atoms with Crippen molar-refractivity contribution in [3.8, 4) is 11.3 Å². The Balaban J connectivity index is 0.000000282. The molecule has 4 aromatic rings. The van der Waals surface area contributed by atoms with Gasteiger partial charge in [-0.25, -0.2) is 0 Å². The van der Waals surface area contributed by atoms with E-state index in [0.717, 1.165) is 42.6 Å². The summed E-state index contributed by atoms with van der Waals surface area (Å²) in [5, 5.41) is 7.08. The minimum atomic E-state index is 0. The van der Waals surface area contributed by atoms with Gasteiger partial charge in [-0.3, -0.25) is 4.79 Å². The van der Waals surface area contributed by atoms with Crippen LogP contribution >= 0.6 is 11.3 Å². The molecule has 1 radical (unpaired) electrons. The second kappa shape index (κ2) is 15.5. The molecule has 1 aliphatic rings. The quantitative estimate of drug-likeness (QED) is 0.125. The van der Waals surface area contributed by atoms with Crippen molar-refractivity contribution in [1.29, 1.82) is 0 Å². The Morgan fingerprint density at radius 3 is 2.20 bits per heavy atom. The molecule has 2 aromatic carbocycles. The van der Waals surface area contributed by atoms with Gasteiger partial charge in [0.05, 0.1) is 0 Å². The number of carbonyl (C=O) groups excluding carboxylic acids is 1. The van der Waals surface area contributed by atoms with E-state index in [0.29, 0.717) is 5.92 Å². The largest absolute Gasteiger partial charge is 0.690 e. The van der Waals surface area contributed by atoms with Crippen molar-refractivity contribution in [1.82, 2.24) is 4.98 Å². The zero-order chi connectivity index (χ0) is 32.2. The van der Waals surface area contributed by atoms with E-state index in [9.17, 15) is 4.79 Å². The third-order valence-corrected chi connectivity index (χ3v) is 11.3. The Kier molecular flexibility index (Phi) is 12.8. The number of nitrogens with zero attached hydrogens (tertiary/aromatic N) is 2. The predicted octanol–water partition coefficient (Wildman–Crippen LogP) is 11.9. The molecule has 2 heterocycles. The van der Waals surface area contributed by atoms with Crippen LogP contribution in [-0.4, -0.2) is 17.8 Å². The van der Waals surface area contributed by atoms with Gasteiger partial charge in [0.15, 0.2) is 5.78 Å². The number of carbonyl (C=O) groups is 1. The molecule has 5 rings (SSSR count). The minimum Gasteiger partial charge on any atom is -0.690 e. The molecule has 3 nitrogen and oxygen atoms in total. The van der Waals surface area contributed by atoms with Crippen LogP contribution in [0.5, 0.6) is 0 Å². The first-order valence-corrected chi connectivity index (χ1v) is 17.4. The number of hydrogen-bond donors (Lipinski definition) is 0. The molecule has 0 saturated carbocycles. The Morgan fingerprint density at radius 2 is 1.62 bits per heavy atom. The molecular weight excluding hydrogens is 749 g/mol. The molecule has 0 aliphatic heterocycles. The molecule has 0 N–H and O–H groups in total. The molecule has 245 valence electrons. The number of aryl methyl sites for hydroxylation is 1. The second-order valence-corrected chi connectivity index (χ2v) is 14.7. The van der Waals surface area contributed by atoms with Crippen molar-refractivity contribution >= 4 is 37.3 Å². The van der Waals surface area contributed by atoms with Crippen LogP contribution in [0.3, 0.4) is 0 Å². The molecule has 1 aliphatic carbocycles. The molecule has 5 heteroatoms. The molecule has 0 spiro atoms.